The minimum atomic E-state index is -1.19. The molecule has 0 bridgehead atoms. The molecule has 8 heteroatoms. The zero-order valence-corrected chi connectivity index (χ0v) is 17.1. The monoisotopic (exact) mass is 419 g/mol. The highest BCUT2D eigenvalue weighted by molar-refractivity contribution is 6.11. The SMILES string of the molecule is CCOc1ccc(/C=C(\C#N)C(=O)O[C@@H](C)C(=O)N2CC(=O)Nc3ccccc32)cc1. The number of nitrogens with zero attached hydrogens (tertiary/aromatic N) is 2. The number of nitriles is 1. The predicted molar refractivity (Wildman–Crippen MR) is 114 cm³/mol. The molecule has 1 heterocycles. The van der Waals surface area contributed by atoms with Gasteiger partial charge < -0.3 is 14.8 Å². The molecule has 0 saturated heterocycles. The van der Waals surface area contributed by atoms with Crippen LogP contribution in [0, 0.1) is 11.3 Å². The van der Waals surface area contributed by atoms with Crippen molar-refractivity contribution in [2.45, 2.75) is 20.0 Å². The highest BCUT2D eigenvalue weighted by Gasteiger charge is 2.31. The maximum atomic E-state index is 12.9. The Kier molecular flexibility index (Phi) is 6.67. The molecule has 0 aliphatic carbocycles. The summed E-state index contributed by atoms with van der Waals surface area (Å²) in [6, 6.07) is 15.5. The van der Waals surface area contributed by atoms with Gasteiger partial charge in [0.05, 0.1) is 18.0 Å². The number of amides is 2. The summed E-state index contributed by atoms with van der Waals surface area (Å²) in [5.74, 6) is -1.16. The minimum absolute atomic E-state index is 0.190. The number of anilines is 2. The van der Waals surface area contributed by atoms with E-state index in [9.17, 15) is 19.6 Å². The van der Waals surface area contributed by atoms with Crippen LogP contribution in [0.2, 0.25) is 0 Å². The van der Waals surface area contributed by atoms with E-state index in [1.54, 1.807) is 54.6 Å². The first-order chi connectivity index (χ1) is 14.9. The molecule has 0 unspecified atom stereocenters. The molecule has 2 aromatic carbocycles. The third-order valence-corrected chi connectivity index (χ3v) is 4.51. The molecular weight excluding hydrogens is 398 g/mol. The first-order valence-electron chi connectivity index (χ1n) is 9.68. The van der Waals surface area contributed by atoms with Crippen LogP contribution in [0.1, 0.15) is 19.4 Å². The summed E-state index contributed by atoms with van der Waals surface area (Å²) in [6.07, 6.45) is 0.183. The van der Waals surface area contributed by atoms with Gasteiger partial charge in [-0.05, 0) is 49.8 Å². The summed E-state index contributed by atoms with van der Waals surface area (Å²) in [7, 11) is 0. The lowest BCUT2D eigenvalue weighted by molar-refractivity contribution is -0.149. The molecule has 2 amide bonds. The highest BCUT2D eigenvalue weighted by Crippen LogP contribution is 2.29. The Hall–Kier alpha value is -4.12. The van der Waals surface area contributed by atoms with E-state index in [0.29, 0.717) is 29.3 Å². The Labute approximate surface area is 179 Å². The lowest BCUT2D eigenvalue weighted by Crippen LogP contribution is -2.47. The first kappa shape index (κ1) is 21.6. The van der Waals surface area contributed by atoms with Gasteiger partial charge in [-0.2, -0.15) is 5.26 Å². The zero-order valence-electron chi connectivity index (χ0n) is 17.1. The van der Waals surface area contributed by atoms with Gasteiger partial charge in [0, 0.05) is 0 Å². The molecule has 1 N–H and O–H groups in total. The number of rotatable bonds is 6. The van der Waals surface area contributed by atoms with Crippen LogP contribution < -0.4 is 15.0 Å². The summed E-state index contributed by atoms with van der Waals surface area (Å²) in [5.41, 5.74) is 1.37. The van der Waals surface area contributed by atoms with Crippen LogP contribution in [0.5, 0.6) is 5.75 Å². The maximum absolute atomic E-state index is 12.9. The molecule has 158 valence electrons. The molecule has 31 heavy (non-hydrogen) atoms. The van der Waals surface area contributed by atoms with E-state index in [2.05, 4.69) is 5.32 Å². The van der Waals surface area contributed by atoms with Crippen molar-refractivity contribution in [3.63, 3.8) is 0 Å². The van der Waals surface area contributed by atoms with E-state index in [4.69, 9.17) is 9.47 Å². The molecule has 1 aliphatic rings. The van der Waals surface area contributed by atoms with Crippen molar-refractivity contribution in [3.05, 3.63) is 59.7 Å². The Balaban J connectivity index is 1.72. The first-order valence-corrected chi connectivity index (χ1v) is 9.68. The Morgan fingerprint density at radius 1 is 1.23 bits per heavy atom. The number of esters is 1. The maximum Gasteiger partial charge on any atom is 0.349 e. The zero-order chi connectivity index (χ0) is 22.4. The average Bonchev–Trinajstić information content (AvgIpc) is 2.77. The van der Waals surface area contributed by atoms with Gasteiger partial charge >= 0.3 is 5.97 Å². The number of nitrogens with one attached hydrogen (secondary N) is 1. The van der Waals surface area contributed by atoms with Crippen molar-refractivity contribution in [1.82, 2.24) is 0 Å². The molecule has 8 nitrogen and oxygen atoms in total. The molecule has 1 aliphatic heterocycles. The smallest absolute Gasteiger partial charge is 0.349 e. The van der Waals surface area contributed by atoms with Crippen LogP contribution in [-0.2, 0) is 19.1 Å². The second-order valence-electron chi connectivity index (χ2n) is 6.71. The van der Waals surface area contributed by atoms with Crippen LogP contribution in [0.15, 0.2) is 54.1 Å². The number of hydrogen-bond acceptors (Lipinski definition) is 6. The lowest BCUT2D eigenvalue weighted by atomic mass is 10.1. The van der Waals surface area contributed by atoms with Gasteiger partial charge in [0.25, 0.3) is 5.91 Å². The fraction of sp³-hybridized carbons (Fsp3) is 0.217. The fourth-order valence-electron chi connectivity index (χ4n) is 3.05. The van der Waals surface area contributed by atoms with E-state index in [-0.39, 0.29) is 18.0 Å². The number of fused-ring (bicyclic) bond motifs is 1. The molecular formula is C23H21N3O5. The third kappa shape index (κ3) is 5.08. The molecule has 0 aromatic heterocycles. The molecule has 2 aromatic rings. The summed E-state index contributed by atoms with van der Waals surface area (Å²) in [4.78, 5) is 38.5. The van der Waals surface area contributed by atoms with Crippen molar-refractivity contribution in [3.8, 4) is 11.8 Å². The molecule has 1 atom stereocenters. The number of carbonyl (C=O) groups excluding carboxylic acids is 3. The topological polar surface area (TPSA) is 109 Å². The highest BCUT2D eigenvalue weighted by atomic mass is 16.5. The second kappa shape index (κ2) is 9.59. The minimum Gasteiger partial charge on any atom is -0.494 e. The normalized spacial score (nSPS) is 14.0. The van der Waals surface area contributed by atoms with Gasteiger partial charge in [0.15, 0.2) is 6.10 Å². The van der Waals surface area contributed by atoms with Crippen LogP contribution in [0.25, 0.3) is 6.08 Å². The van der Waals surface area contributed by atoms with Crippen molar-refractivity contribution in [2.75, 3.05) is 23.4 Å². The van der Waals surface area contributed by atoms with Crippen molar-refractivity contribution in [2.24, 2.45) is 0 Å². The van der Waals surface area contributed by atoms with Gasteiger partial charge in [-0.1, -0.05) is 24.3 Å². The number of carbonyl (C=O) groups is 3. The van der Waals surface area contributed by atoms with Crippen molar-refractivity contribution >= 4 is 35.2 Å². The van der Waals surface area contributed by atoms with Crippen LogP contribution >= 0.6 is 0 Å². The van der Waals surface area contributed by atoms with E-state index < -0.39 is 18.0 Å². The van der Waals surface area contributed by atoms with E-state index in [1.807, 2.05) is 6.92 Å². The van der Waals surface area contributed by atoms with Crippen molar-refractivity contribution in [1.29, 1.82) is 5.26 Å². The quantitative estimate of drug-likeness (QED) is 0.438. The molecule has 3 rings (SSSR count). The summed E-state index contributed by atoms with van der Waals surface area (Å²) >= 11 is 0. The summed E-state index contributed by atoms with van der Waals surface area (Å²) in [5, 5.41) is 12.1. The van der Waals surface area contributed by atoms with Gasteiger partial charge in [0.1, 0.15) is 23.9 Å². The number of para-hydroxylation sites is 2. The average molecular weight is 419 g/mol. The van der Waals surface area contributed by atoms with E-state index in [0.717, 1.165) is 0 Å². The largest absolute Gasteiger partial charge is 0.494 e. The third-order valence-electron chi connectivity index (χ3n) is 4.51. The second-order valence-corrected chi connectivity index (χ2v) is 6.71. The van der Waals surface area contributed by atoms with Gasteiger partial charge in [-0.15, -0.1) is 0 Å². The number of benzene rings is 2. The van der Waals surface area contributed by atoms with Gasteiger partial charge in [0.2, 0.25) is 5.91 Å². The molecule has 0 saturated carbocycles. The van der Waals surface area contributed by atoms with Gasteiger partial charge in [-0.25, -0.2) is 4.79 Å². The standard InChI is InChI=1S/C23H21N3O5/c1-3-30-18-10-8-16(9-11-18)12-17(13-24)23(29)31-15(2)22(28)26-14-21(27)25-19-6-4-5-7-20(19)26/h4-12,15H,3,14H2,1-2H3,(H,25,27)/b17-12+/t15-/m0/s1. The predicted octanol–water partition coefficient (Wildman–Crippen LogP) is 2.91. The Bertz CT molecular complexity index is 1070. The van der Waals surface area contributed by atoms with Crippen LogP contribution in [0.3, 0.4) is 0 Å². The van der Waals surface area contributed by atoms with Crippen molar-refractivity contribution < 1.29 is 23.9 Å². The van der Waals surface area contributed by atoms with E-state index >= 15 is 0 Å². The number of hydrogen-bond donors (Lipinski definition) is 1. The Morgan fingerprint density at radius 2 is 1.94 bits per heavy atom. The van der Waals surface area contributed by atoms with E-state index in [1.165, 1.54) is 17.9 Å². The fourth-order valence-corrected chi connectivity index (χ4v) is 3.05. The summed E-state index contributed by atoms with van der Waals surface area (Å²) < 4.78 is 10.6. The van der Waals surface area contributed by atoms with Crippen LogP contribution in [-0.4, -0.2) is 37.0 Å². The summed E-state index contributed by atoms with van der Waals surface area (Å²) in [6.45, 7) is 3.61. The Morgan fingerprint density at radius 3 is 2.61 bits per heavy atom. The number of ether oxygens (including phenoxy) is 2. The van der Waals surface area contributed by atoms with Crippen LogP contribution in [0.4, 0.5) is 11.4 Å². The van der Waals surface area contributed by atoms with Gasteiger partial charge in [-0.3, -0.25) is 14.5 Å². The molecule has 0 fully saturated rings. The molecule has 0 spiro atoms. The molecule has 0 radical (unpaired) electrons. The lowest BCUT2D eigenvalue weighted by Gasteiger charge is -2.30.